The molecule has 2 amide bonds. The first-order chi connectivity index (χ1) is 11.2. The number of anilines is 1. The second-order valence-corrected chi connectivity index (χ2v) is 5.90. The predicted octanol–water partition coefficient (Wildman–Crippen LogP) is 1.91. The minimum Gasteiger partial charge on any atom is -0.482 e. The van der Waals surface area contributed by atoms with Crippen LogP contribution in [0.3, 0.4) is 0 Å². The van der Waals surface area contributed by atoms with Gasteiger partial charge in [0.15, 0.2) is 6.61 Å². The number of carbonyl (C=O) groups excluding carboxylic acids is 2. The third-order valence-electron chi connectivity index (χ3n) is 4.26. The summed E-state index contributed by atoms with van der Waals surface area (Å²) in [4.78, 5) is 23.8. The fraction of sp³-hybridized carbons (Fsp3) is 0.222. The van der Waals surface area contributed by atoms with Crippen molar-refractivity contribution in [3.05, 3.63) is 59.2 Å². The molecule has 0 saturated carbocycles. The third-order valence-corrected chi connectivity index (χ3v) is 4.26. The Morgan fingerprint density at radius 1 is 1.13 bits per heavy atom. The summed E-state index contributed by atoms with van der Waals surface area (Å²) < 4.78 is 5.30. The zero-order valence-electron chi connectivity index (χ0n) is 12.5. The molecule has 5 heteroatoms. The lowest BCUT2D eigenvalue weighted by atomic mass is 10.1. The van der Waals surface area contributed by atoms with Gasteiger partial charge in [0.25, 0.3) is 11.8 Å². The van der Waals surface area contributed by atoms with Gasteiger partial charge in [-0.25, -0.2) is 0 Å². The quantitative estimate of drug-likeness (QED) is 0.890. The standard InChI is InChI=1S/C18H16N2O3/c21-17-10-23-16-6-5-13(9-15(16)20-17)18(22)19-14-7-11-3-1-2-4-12(11)8-14/h1-6,9,14H,7-8,10H2,(H,19,22)(H,20,21). The molecule has 2 aromatic rings. The van der Waals surface area contributed by atoms with E-state index in [9.17, 15) is 9.59 Å². The van der Waals surface area contributed by atoms with Crippen LogP contribution in [-0.2, 0) is 17.6 Å². The molecule has 5 nitrogen and oxygen atoms in total. The molecule has 23 heavy (non-hydrogen) atoms. The molecular weight excluding hydrogens is 292 g/mol. The van der Waals surface area contributed by atoms with Crippen LogP contribution in [0, 0.1) is 0 Å². The summed E-state index contributed by atoms with van der Waals surface area (Å²) in [5.74, 6) is 0.251. The topological polar surface area (TPSA) is 67.4 Å². The van der Waals surface area contributed by atoms with Crippen LogP contribution in [0.2, 0.25) is 0 Å². The number of hydrogen-bond acceptors (Lipinski definition) is 3. The van der Waals surface area contributed by atoms with Gasteiger partial charge in [-0.2, -0.15) is 0 Å². The van der Waals surface area contributed by atoms with E-state index in [1.807, 2.05) is 12.1 Å². The summed E-state index contributed by atoms with van der Waals surface area (Å²) in [6.07, 6.45) is 1.71. The Labute approximate surface area is 133 Å². The van der Waals surface area contributed by atoms with Gasteiger partial charge in [0.05, 0.1) is 5.69 Å². The van der Waals surface area contributed by atoms with Crippen LogP contribution in [0.25, 0.3) is 0 Å². The molecule has 0 aromatic heterocycles. The number of nitrogens with one attached hydrogen (secondary N) is 2. The zero-order chi connectivity index (χ0) is 15.8. The average molecular weight is 308 g/mol. The Hall–Kier alpha value is -2.82. The van der Waals surface area contributed by atoms with E-state index < -0.39 is 0 Å². The van der Waals surface area contributed by atoms with E-state index in [1.165, 1.54) is 11.1 Å². The highest BCUT2D eigenvalue weighted by Crippen LogP contribution is 2.28. The number of carbonyl (C=O) groups is 2. The van der Waals surface area contributed by atoms with E-state index >= 15 is 0 Å². The fourth-order valence-electron chi connectivity index (χ4n) is 3.15. The van der Waals surface area contributed by atoms with Crippen LogP contribution in [0.15, 0.2) is 42.5 Å². The number of ether oxygens (including phenoxy) is 1. The van der Waals surface area contributed by atoms with E-state index in [2.05, 4.69) is 22.8 Å². The molecule has 2 N–H and O–H groups in total. The number of amides is 2. The maximum absolute atomic E-state index is 12.5. The molecular formula is C18H16N2O3. The monoisotopic (exact) mass is 308 g/mol. The number of hydrogen-bond donors (Lipinski definition) is 2. The van der Waals surface area contributed by atoms with E-state index in [4.69, 9.17) is 4.74 Å². The lowest BCUT2D eigenvalue weighted by Crippen LogP contribution is -2.35. The molecule has 1 heterocycles. The van der Waals surface area contributed by atoms with Crippen LogP contribution in [-0.4, -0.2) is 24.5 Å². The van der Waals surface area contributed by atoms with Gasteiger partial charge in [-0.05, 0) is 42.2 Å². The van der Waals surface area contributed by atoms with E-state index in [-0.39, 0.29) is 24.5 Å². The second-order valence-electron chi connectivity index (χ2n) is 5.90. The second kappa shape index (κ2) is 5.43. The van der Waals surface area contributed by atoms with Crippen LogP contribution >= 0.6 is 0 Å². The Bertz CT molecular complexity index is 776. The van der Waals surface area contributed by atoms with Gasteiger partial charge in [-0.3, -0.25) is 9.59 Å². The number of fused-ring (bicyclic) bond motifs is 2. The molecule has 4 rings (SSSR count). The molecule has 2 aromatic carbocycles. The molecule has 0 saturated heterocycles. The van der Waals surface area contributed by atoms with Gasteiger partial charge in [0.1, 0.15) is 5.75 Å². The molecule has 0 unspecified atom stereocenters. The van der Waals surface area contributed by atoms with Crippen molar-refractivity contribution in [1.82, 2.24) is 5.32 Å². The minimum atomic E-state index is -0.207. The van der Waals surface area contributed by atoms with Gasteiger partial charge in [0.2, 0.25) is 0 Å². The molecule has 0 radical (unpaired) electrons. The first-order valence-electron chi connectivity index (χ1n) is 7.63. The third kappa shape index (κ3) is 2.65. The highest BCUT2D eigenvalue weighted by Gasteiger charge is 2.24. The van der Waals surface area contributed by atoms with Crippen molar-refractivity contribution >= 4 is 17.5 Å². The summed E-state index contributed by atoms with van der Waals surface area (Å²) in [7, 11) is 0. The van der Waals surface area contributed by atoms with Crippen molar-refractivity contribution in [2.45, 2.75) is 18.9 Å². The van der Waals surface area contributed by atoms with Gasteiger partial charge in [0, 0.05) is 11.6 Å². The largest absolute Gasteiger partial charge is 0.482 e. The molecule has 0 bridgehead atoms. The fourth-order valence-corrected chi connectivity index (χ4v) is 3.15. The van der Waals surface area contributed by atoms with Crippen molar-refractivity contribution in [1.29, 1.82) is 0 Å². The van der Waals surface area contributed by atoms with Crippen LogP contribution in [0.4, 0.5) is 5.69 Å². The minimum absolute atomic E-state index is 0.0128. The Morgan fingerprint density at radius 2 is 1.87 bits per heavy atom. The van der Waals surface area contributed by atoms with E-state index in [0.29, 0.717) is 17.0 Å². The van der Waals surface area contributed by atoms with Gasteiger partial charge in [-0.15, -0.1) is 0 Å². The number of rotatable bonds is 2. The molecule has 0 fully saturated rings. The normalized spacial score (nSPS) is 16.1. The Balaban J connectivity index is 1.48. The summed E-state index contributed by atoms with van der Waals surface area (Å²) in [5.41, 5.74) is 3.65. The predicted molar refractivity (Wildman–Crippen MR) is 85.7 cm³/mol. The highest BCUT2D eigenvalue weighted by atomic mass is 16.5. The molecule has 0 spiro atoms. The lowest BCUT2D eigenvalue weighted by molar-refractivity contribution is -0.118. The van der Waals surface area contributed by atoms with Crippen LogP contribution in [0.1, 0.15) is 21.5 Å². The van der Waals surface area contributed by atoms with Crippen molar-refractivity contribution in [2.24, 2.45) is 0 Å². The summed E-state index contributed by atoms with van der Waals surface area (Å²) in [6, 6.07) is 13.5. The first-order valence-corrected chi connectivity index (χ1v) is 7.63. The van der Waals surface area contributed by atoms with Crippen LogP contribution < -0.4 is 15.4 Å². The maximum atomic E-state index is 12.5. The molecule has 0 atom stereocenters. The van der Waals surface area contributed by atoms with Gasteiger partial charge in [-0.1, -0.05) is 24.3 Å². The smallest absolute Gasteiger partial charge is 0.262 e. The van der Waals surface area contributed by atoms with Crippen molar-refractivity contribution in [2.75, 3.05) is 11.9 Å². The van der Waals surface area contributed by atoms with Crippen molar-refractivity contribution < 1.29 is 14.3 Å². The summed E-state index contributed by atoms with van der Waals surface area (Å²) >= 11 is 0. The van der Waals surface area contributed by atoms with E-state index in [0.717, 1.165) is 12.8 Å². The maximum Gasteiger partial charge on any atom is 0.262 e. The number of benzene rings is 2. The highest BCUT2D eigenvalue weighted by molar-refractivity contribution is 6.00. The molecule has 116 valence electrons. The Morgan fingerprint density at radius 3 is 2.61 bits per heavy atom. The van der Waals surface area contributed by atoms with E-state index in [1.54, 1.807) is 18.2 Å². The van der Waals surface area contributed by atoms with Crippen molar-refractivity contribution in [3.8, 4) is 5.75 Å². The Kier molecular flexibility index (Phi) is 3.26. The molecule has 1 aliphatic carbocycles. The SMILES string of the molecule is O=C1COc2ccc(C(=O)NC3Cc4ccccc4C3)cc2N1. The average Bonchev–Trinajstić information content (AvgIpc) is 2.96. The van der Waals surface area contributed by atoms with Crippen molar-refractivity contribution in [3.63, 3.8) is 0 Å². The summed E-state index contributed by atoms with van der Waals surface area (Å²) in [6.45, 7) is 0.0128. The summed E-state index contributed by atoms with van der Waals surface area (Å²) in [5, 5.41) is 5.79. The molecule has 1 aliphatic heterocycles. The lowest BCUT2D eigenvalue weighted by Gasteiger charge is -2.19. The zero-order valence-corrected chi connectivity index (χ0v) is 12.5. The van der Waals surface area contributed by atoms with Crippen LogP contribution in [0.5, 0.6) is 5.75 Å². The van der Waals surface area contributed by atoms with Gasteiger partial charge >= 0.3 is 0 Å². The van der Waals surface area contributed by atoms with Gasteiger partial charge < -0.3 is 15.4 Å². The first kappa shape index (κ1) is 13.8. The molecule has 2 aliphatic rings.